The Balaban J connectivity index is 3.02. The quantitative estimate of drug-likeness (QED) is 0.293. The summed E-state index contributed by atoms with van der Waals surface area (Å²) in [6, 6.07) is 0. The second-order valence-corrected chi connectivity index (χ2v) is 0.880. The van der Waals surface area contributed by atoms with Crippen LogP contribution < -0.4 is 4.85 Å². The van der Waals surface area contributed by atoms with Gasteiger partial charge in [0.25, 0.3) is 0 Å². The Labute approximate surface area is 39.2 Å². The maximum Gasteiger partial charge on any atom is 0.338 e. The molecule has 1 aromatic heterocycles. The summed E-state index contributed by atoms with van der Waals surface area (Å²) in [5, 5.41) is 19.6. The molecule has 1 aromatic rings. The molecular weight excluding hydrogens is 96.0 g/mol. The highest BCUT2D eigenvalue weighted by molar-refractivity contribution is 4.28. The molecule has 0 fully saturated rings. The van der Waals surface area contributed by atoms with Crippen LogP contribution in [0.4, 0.5) is 0 Å². The molecule has 0 saturated carbocycles. The molecule has 1 rings (SSSR count). The van der Waals surface area contributed by atoms with E-state index >= 15 is 0 Å². The predicted molar refractivity (Wildman–Crippen MR) is 18.8 cm³/mol. The summed E-state index contributed by atoms with van der Waals surface area (Å²) in [5.74, 6) is 0. The van der Waals surface area contributed by atoms with Crippen LogP contribution in [-0.2, 0) is 0 Å². The zero-order valence-electron chi connectivity index (χ0n) is 3.35. The highest BCUT2D eigenvalue weighted by Gasteiger charge is 1.79. The van der Waals surface area contributed by atoms with E-state index in [9.17, 15) is 5.21 Å². The van der Waals surface area contributed by atoms with E-state index in [1.807, 2.05) is 0 Å². The topological polar surface area (TPSA) is 65.6 Å². The lowest BCUT2D eigenvalue weighted by molar-refractivity contribution is -0.673. The van der Waals surface area contributed by atoms with E-state index in [1.54, 1.807) is 0 Å². The molecule has 0 N–H and O–H groups in total. The van der Waals surface area contributed by atoms with Gasteiger partial charge in [0.05, 0.1) is 5.10 Å². The van der Waals surface area contributed by atoms with Gasteiger partial charge >= 0.3 is 6.33 Å². The van der Waals surface area contributed by atoms with Gasteiger partial charge in [0, 0.05) is 0 Å². The van der Waals surface area contributed by atoms with Crippen molar-refractivity contribution in [2.75, 3.05) is 0 Å². The fourth-order valence-corrected chi connectivity index (χ4v) is 0.208. The summed E-state index contributed by atoms with van der Waals surface area (Å²) >= 11 is 0. The molecule has 0 radical (unpaired) electrons. The number of nitrogens with zero attached hydrogens (tertiary/aromatic N) is 4. The SMILES string of the molecule is [O-][n+]1cnncn1. The highest BCUT2D eigenvalue weighted by atomic mass is 16.5. The van der Waals surface area contributed by atoms with Crippen LogP contribution in [0, 0.1) is 5.21 Å². The van der Waals surface area contributed by atoms with E-state index in [2.05, 4.69) is 15.3 Å². The monoisotopic (exact) mass is 98.0 g/mol. The molecule has 0 aliphatic heterocycles. The summed E-state index contributed by atoms with van der Waals surface area (Å²) in [6.45, 7) is 0. The Morgan fingerprint density at radius 3 is 2.57 bits per heavy atom. The molecule has 0 spiro atoms. The standard InChI is InChI=1S/C2H2N4O/c7-6-2-4-3-1-5-6/h1-2H. The van der Waals surface area contributed by atoms with Gasteiger partial charge in [-0.15, -0.1) is 4.85 Å². The molecule has 7 heavy (non-hydrogen) atoms. The smallest absolute Gasteiger partial charge is 0.338 e. The maximum atomic E-state index is 9.97. The number of aromatic nitrogens is 4. The average molecular weight is 98.1 g/mol. The van der Waals surface area contributed by atoms with Gasteiger partial charge in [0.1, 0.15) is 0 Å². The van der Waals surface area contributed by atoms with Gasteiger partial charge in [-0.2, -0.15) is 0 Å². The van der Waals surface area contributed by atoms with E-state index in [1.165, 1.54) is 0 Å². The van der Waals surface area contributed by atoms with Crippen LogP contribution in [0.2, 0.25) is 0 Å². The van der Waals surface area contributed by atoms with Gasteiger partial charge in [0.15, 0.2) is 0 Å². The third-order valence-corrected chi connectivity index (χ3v) is 0.434. The molecule has 0 unspecified atom stereocenters. The Hall–Kier alpha value is -1.26. The molecule has 0 aliphatic carbocycles. The second-order valence-electron chi connectivity index (χ2n) is 0.880. The van der Waals surface area contributed by atoms with Crippen molar-refractivity contribution in [1.82, 2.24) is 15.3 Å². The van der Waals surface area contributed by atoms with Gasteiger partial charge in [-0.3, -0.25) is 0 Å². The fraction of sp³-hybridized carbons (Fsp3) is 0. The van der Waals surface area contributed by atoms with E-state index in [0.717, 1.165) is 12.7 Å². The van der Waals surface area contributed by atoms with Crippen molar-refractivity contribution in [2.24, 2.45) is 0 Å². The van der Waals surface area contributed by atoms with E-state index in [0.29, 0.717) is 4.85 Å². The Kier molecular flexibility index (Phi) is 0.816. The lowest BCUT2D eigenvalue weighted by Crippen LogP contribution is -2.30. The minimum atomic E-state index is 0.326. The second kappa shape index (κ2) is 1.46. The number of rotatable bonds is 0. The van der Waals surface area contributed by atoms with Crippen LogP contribution in [0.25, 0.3) is 0 Å². The molecule has 5 nitrogen and oxygen atoms in total. The first-order valence-electron chi connectivity index (χ1n) is 1.62. The summed E-state index contributed by atoms with van der Waals surface area (Å²) < 4.78 is 0. The molecule has 0 saturated heterocycles. The summed E-state index contributed by atoms with van der Waals surface area (Å²) in [7, 11) is 0. The van der Waals surface area contributed by atoms with Gasteiger partial charge in [-0.05, 0) is 5.10 Å². The van der Waals surface area contributed by atoms with Crippen molar-refractivity contribution in [1.29, 1.82) is 0 Å². The normalized spacial score (nSPS) is 8.57. The largest absolute Gasteiger partial charge is 0.691 e. The van der Waals surface area contributed by atoms with Crippen LogP contribution in [0.1, 0.15) is 0 Å². The predicted octanol–water partition coefficient (Wildman–Crippen LogP) is -1.50. The van der Waals surface area contributed by atoms with E-state index in [4.69, 9.17) is 0 Å². The van der Waals surface area contributed by atoms with Crippen LogP contribution in [0.15, 0.2) is 12.7 Å². The maximum absolute atomic E-state index is 9.97. The lowest BCUT2D eigenvalue weighted by atomic mass is 11.3. The molecule has 1 heterocycles. The van der Waals surface area contributed by atoms with Crippen molar-refractivity contribution in [3.05, 3.63) is 17.9 Å². The summed E-state index contributed by atoms with van der Waals surface area (Å²) in [4.78, 5) is 0.326. The zero-order valence-corrected chi connectivity index (χ0v) is 3.35. The van der Waals surface area contributed by atoms with Crippen LogP contribution >= 0.6 is 0 Å². The fourth-order valence-electron chi connectivity index (χ4n) is 0.208. The average Bonchev–Trinajstić information content (AvgIpc) is 1.69. The first-order valence-corrected chi connectivity index (χ1v) is 1.62. The Bertz CT molecular complexity index is 140. The lowest BCUT2D eigenvalue weighted by Gasteiger charge is -1.87. The van der Waals surface area contributed by atoms with Crippen molar-refractivity contribution >= 4 is 0 Å². The molecule has 0 aliphatic rings. The van der Waals surface area contributed by atoms with Crippen LogP contribution in [0.3, 0.4) is 0 Å². The molecule has 0 amide bonds. The Morgan fingerprint density at radius 2 is 2.29 bits per heavy atom. The Morgan fingerprint density at radius 1 is 1.43 bits per heavy atom. The molecule has 0 atom stereocenters. The first kappa shape index (κ1) is 3.91. The summed E-state index contributed by atoms with van der Waals surface area (Å²) in [6.07, 6.45) is 2.05. The van der Waals surface area contributed by atoms with Crippen molar-refractivity contribution in [3.63, 3.8) is 0 Å². The van der Waals surface area contributed by atoms with Crippen molar-refractivity contribution in [3.8, 4) is 0 Å². The third-order valence-electron chi connectivity index (χ3n) is 0.434. The third kappa shape index (κ3) is 0.783. The minimum Gasteiger partial charge on any atom is -0.691 e. The molecule has 5 heteroatoms. The van der Waals surface area contributed by atoms with E-state index in [-0.39, 0.29) is 0 Å². The zero-order chi connectivity index (χ0) is 5.11. The number of hydrogen-bond acceptors (Lipinski definition) is 4. The molecule has 36 valence electrons. The van der Waals surface area contributed by atoms with E-state index < -0.39 is 0 Å². The van der Waals surface area contributed by atoms with Gasteiger partial charge in [0.2, 0.25) is 6.33 Å². The molecule has 0 bridgehead atoms. The molecular formula is C2H2N4O. The van der Waals surface area contributed by atoms with Crippen molar-refractivity contribution in [2.45, 2.75) is 0 Å². The van der Waals surface area contributed by atoms with Crippen molar-refractivity contribution < 1.29 is 4.85 Å². The minimum absolute atomic E-state index is 0.326. The van der Waals surface area contributed by atoms with Crippen LogP contribution in [0.5, 0.6) is 0 Å². The van der Waals surface area contributed by atoms with Gasteiger partial charge in [-0.1, -0.05) is 5.10 Å². The number of hydrogen-bond donors (Lipinski definition) is 0. The highest BCUT2D eigenvalue weighted by Crippen LogP contribution is 1.48. The first-order chi connectivity index (χ1) is 3.39. The van der Waals surface area contributed by atoms with Gasteiger partial charge in [-0.25, -0.2) is 0 Å². The summed E-state index contributed by atoms with van der Waals surface area (Å²) in [5.41, 5.74) is 0. The van der Waals surface area contributed by atoms with Gasteiger partial charge < -0.3 is 5.21 Å². The van der Waals surface area contributed by atoms with Crippen LogP contribution in [-0.4, -0.2) is 15.3 Å². The molecule has 0 aromatic carbocycles.